The van der Waals surface area contributed by atoms with Gasteiger partial charge in [0.05, 0.1) is 5.75 Å². The van der Waals surface area contributed by atoms with Gasteiger partial charge in [0, 0.05) is 37.8 Å². The van der Waals surface area contributed by atoms with Crippen LogP contribution in [0.1, 0.15) is 43.0 Å². The predicted molar refractivity (Wildman–Crippen MR) is 114 cm³/mol. The van der Waals surface area contributed by atoms with Crippen LogP contribution < -0.4 is 5.32 Å². The first-order chi connectivity index (χ1) is 14.8. The lowest BCUT2D eigenvalue weighted by Gasteiger charge is -2.38. The number of nitrogens with one attached hydrogen (secondary N) is 1. The van der Waals surface area contributed by atoms with Crippen molar-refractivity contribution < 1.29 is 22.8 Å². The van der Waals surface area contributed by atoms with Crippen molar-refractivity contribution in [1.29, 1.82) is 0 Å². The summed E-state index contributed by atoms with van der Waals surface area (Å²) in [5.74, 6) is -0.281. The lowest BCUT2D eigenvalue weighted by atomic mass is 9.86. The Balaban J connectivity index is 1.40. The van der Waals surface area contributed by atoms with Gasteiger partial charge >= 0.3 is 6.03 Å². The topological polar surface area (TPSA) is 107 Å². The number of sulfonamides is 1. The standard InChI is InChI=1S/C21H28N4O5S/c1-2-31(29,30)24-12-8-17(9-13-24)25-19(27)21(22-20(25)28)10-14-23(15-11-21)18(26)16-6-4-3-5-7-16/h3-7,17H,2,8-15H2,1H3,(H,22,28). The van der Waals surface area contributed by atoms with Gasteiger partial charge in [-0.3, -0.25) is 14.5 Å². The number of benzene rings is 1. The Bertz CT molecular complexity index is 965. The van der Waals surface area contributed by atoms with Crippen molar-refractivity contribution in [2.75, 3.05) is 31.9 Å². The third-order valence-corrected chi connectivity index (χ3v) is 8.55. The first-order valence-electron chi connectivity index (χ1n) is 10.8. The Hall–Kier alpha value is -2.46. The zero-order valence-electron chi connectivity index (χ0n) is 17.6. The molecule has 1 aromatic rings. The Morgan fingerprint density at radius 1 is 1.06 bits per heavy atom. The monoisotopic (exact) mass is 448 g/mol. The molecule has 9 nitrogen and oxygen atoms in total. The van der Waals surface area contributed by atoms with Crippen molar-refractivity contribution in [3.63, 3.8) is 0 Å². The van der Waals surface area contributed by atoms with Crippen molar-refractivity contribution in [2.45, 2.75) is 44.2 Å². The minimum Gasteiger partial charge on any atom is -0.338 e. The average Bonchev–Trinajstić information content (AvgIpc) is 3.03. The molecule has 3 aliphatic heterocycles. The molecular formula is C21H28N4O5S. The van der Waals surface area contributed by atoms with E-state index in [9.17, 15) is 22.8 Å². The highest BCUT2D eigenvalue weighted by Gasteiger charge is 2.54. The summed E-state index contributed by atoms with van der Waals surface area (Å²) >= 11 is 0. The molecule has 31 heavy (non-hydrogen) atoms. The number of amides is 4. The molecular weight excluding hydrogens is 420 g/mol. The smallest absolute Gasteiger partial charge is 0.325 e. The molecule has 3 aliphatic rings. The predicted octanol–water partition coefficient (Wildman–Crippen LogP) is 1.03. The first-order valence-corrected chi connectivity index (χ1v) is 12.4. The van der Waals surface area contributed by atoms with Gasteiger partial charge in [-0.15, -0.1) is 0 Å². The molecule has 0 saturated carbocycles. The molecule has 0 bridgehead atoms. The number of carbonyl (C=O) groups is 3. The van der Waals surface area contributed by atoms with E-state index >= 15 is 0 Å². The summed E-state index contributed by atoms with van der Waals surface area (Å²) in [7, 11) is -3.27. The van der Waals surface area contributed by atoms with Crippen LogP contribution in [-0.4, -0.2) is 83.9 Å². The highest BCUT2D eigenvalue weighted by molar-refractivity contribution is 7.89. The van der Waals surface area contributed by atoms with Crippen molar-refractivity contribution >= 4 is 27.9 Å². The van der Waals surface area contributed by atoms with E-state index in [2.05, 4.69) is 5.32 Å². The molecule has 10 heteroatoms. The van der Waals surface area contributed by atoms with Crippen LogP contribution in [0.4, 0.5) is 4.79 Å². The second kappa shape index (κ2) is 8.23. The van der Waals surface area contributed by atoms with Gasteiger partial charge in [0.1, 0.15) is 5.54 Å². The number of rotatable bonds is 4. The van der Waals surface area contributed by atoms with E-state index in [1.807, 2.05) is 18.2 Å². The summed E-state index contributed by atoms with van der Waals surface area (Å²) in [6.07, 6.45) is 1.62. The summed E-state index contributed by atoms with van der Waals surface area (Å²) < 4.78 is 25.6. The second-order valence-electron chi connectivity index (χ2n) is 8.38. The van der Waals surface area contributed by atoms with E-state index in [0.29, 0.717) is 57.4 Å². The second-order valence-corrected chi connectivity index (χ2v) is 10.6. The van der Waals surface area contributed by atoms with Crippen LogP contribution in [0, 0.1) is 0 Å². The fourth-order valence-electron chi connectivity index (χ4n) is 4.73. The van der Waals surface area contributed by atoms with Gasteiger partial charge in [0.2, 0.25) is 10.0 Å². The van der Waals surface area contributed by atoms with Gasteiger partial charge in [-0.2, -0.15) is 0 Å². The number of nitrogens with zero attached hydrogens (tertiary/aromatic N) is 3. The maximum atomic E-state index is 13.3. The SMILES string of the molecule is CCS(=O)(=O)N1CCC(N2C(=O)NC3(CCN(C(=O)c4ccccc4)CC3)C2=O)CC1. The third kappa shape index (κ3) is 3.94. The Morgan fingerprint density at radius 3 is 2.26 bits per heavy atom. The van der Waals surface area contributed by atoms with Crippen LogP contribution >= 0.6 is 0 Å². The number of urea groups is 1. The maximum absolute atomic E-state index is 13.3. The summed E-state index contributed by atoms with van der Waals surface area (Å²) in [6, 6.07) is 8.29. The molecule has 0 aliphatic carbocycles. The molecule has 168 valence electrons. The Kier molecular flexibility index (Phi) is 5.78. The van der Waals surface area contributed by atoms with E-state index in [4.69, 9.17) is 0 Å². The molecule has 1 N–H and O–H groups in total. The van der Waals surface area contributed by atoms with Crippen LogP contribution in [0.3, 0.4) is 0 Å². The van der Waals surface area contributed by atoms with Gasteiger partial charge in [-0.25, -0.2) is 17.5 Å². The minimum atomic E-state index is -3.27. The molecule has 1 spiro atoms. The number of hydrogen-bond acceptors (Lipinski definition) is 5. The number of piperidine rings is 2. The maximum Gasteiger partial charge on any atom is 0.325 e. The first kappa shape index (κ1) is 21.8. The largest absolute Gasteiger partial charge is 0.338 e. The van der Waals surface area contributed by atoms with E-state index < -0.39 is 21.6 Å². The molecule has 4 amide bonds. The zero-order valence-corrected chi connectivity index (χ0v) is 18.4. The summed E-state index contributed by atoms with van der Waals surface area (Å²) in [4.78, 5) is 41.7. The lowest BCUT2D eigenvalue weighted by Crippen LogP contribution is -2.56. The molecule has 0 atom stereocenters. The highest BCUT2D eigenvalue weighted by Crippen LogP contribution is 2.33. The summed E-state index contributed by atoms with van der Waals surface area (Å²) in [5.41, 5.74) is -0.368. The van der Waals surface area contributed by atoms with E-state index in [1.54, 1.807) is 24.0 Å². The average molecular weight is 449 g/mol. The van der Waals surface area contributed by atoms with Crippen LogP contribution in [0.5, 0.6) is 0 Å². The number of imide groups is 1. The van der Waals surface area contributed by atoms with Gasteiger partial charge in [0.15, 0.2) is 0 Å². The number of likely N-dealkylation sites (tertiary alicyclic amines) is 1. The van der Waals surface area contributed by atoms with Crippen LogP contribution in [0.15, 0.2) is 30.3 Å². The fourth-order valence-corrected chi connectivity index (χ4v) is 5.86. The molecule has 4 rings (SSSR count). The Morgan fingerprint density at radius 2 is 1.68 bits per heavy atom. The van der Waals surface area contributed by atoms with Gasteiger partial charge in [0.25, 0.3) is 11.8 Å². The van der Waals surface area contributed by atoms with E-state index in [-0.39, 0.29) is 23.6 Å². The zero-order chi connectivity index (χ0) is 22.2. The minimum absolute atomic E-state index is 0.0438. The molecule has 0 aromatic heterocycles. The quantitative estimate of drug-likeness (QED) is 0.693. The normalized spacial score (nSPS) is 22.7. The summed E-state index contributed by atoms with van der Waals surface area (Å²) in [5, 5.41) is 2.89. The van der Waals surface area contributed by atoms with Crippen molar-refractivity contribution in [3.8, 4) is 0 Å². The Labute approximate surface area is 182 Å². The van der Waals surface area contributed by atoms with Crippen molar-refractivity contribution in [1.82, 2.24) is 19.4 Å². The van der Waals surface area contributed by atoms with Gasteiger partial charge in [-0.1, -0.05) is 18.2 Å². The molecule has 3 saturated heterocycles. The molecule has 3 fully saturated rings. The summed E-state index contributed by atoms with van der Waals surface area (Å²) in [6.45, 7) is 3.01. The van der Waals surface area contributed by atoms with Gasteiger partial charge in [-0.05, 0) is 44.7 Å². The van der Waals surface area contributed by atoms with Crippen molar-refractivity contribution in [3.05, 3.63) is 35.9 Å². The molecule has 1 aromatic carbocycles. The molecule has 3 heterocycles. The van der Waals surface area contributed by atoms with E-state index in [0.717, 1.165) is 0 Å². The highest BCUT2D eigenvalue weighted by atomic mass is 32.2. The number of carbonyl (C=O) groups excluding carboxylic acids is 3. The number of hydrogen-bond donors (Lipinski definition) is 1. The molecule has 0 radical (unpaired) electrons. The third-order valence-electron chi connectivity index (χ3n) is 6.66. The van der Waals surface area contributed by atoms with E-state index in [1.165, 1.54) is 9.21 Å². The van der Waals surface area contributed by atoms with Crippen LogP contribution in [0.2, 0.25) is 0 Å². The van der Waals surface area contributed by atoms with Crippen molar-refractivity contribution in [2.24, 2.45) is 0 Å². The van der Waals surface area contributed by atoms with Crippen LogP contribution in [-0.2, 0) is 14.8 Å². The lowest BCUT2D eigenvalue weighted by molar-refractivity contribution is -0.134. The van der Waals surface area contributed by atoms with Crippen LogP contribution in [0.25, 0.3) is 0 Å². The fraction of sp³-hybridized carbons (Fsp3) is 0.571. The van der Waals surface area contributed by atoms with Gasteiger partial charge < -0.3 is 10.2 Å². The molecule has 0 unspecified atom stereocenters.